The van der Waals surface area contributed by atoms with Gasteiger partial charge in [-0.25, -0.2) is 0 Å². The zero-order chi connectivity index (χ0) is 11.5. The van der Waals surface area contributed by atoms with E-state index in [4.69, 9.17) is 0 Å². The summed E-state index contributed by atoms with van der Waals surface area (Å²) in [6, 6.07) is 9.77. The van der Waals surface area contributed by atoms with Crippen molar-refractivity contribution in [3.63, 3.8) is 0 Å². The van der Waals surface area contributed by atoms with Crippen molar-refractivity contribution in [1.82, 2.24) is 5.32 Å². The highest BCUT2D eigenvalue weighted by atomic mass is 32.2. The predicted octanol–water partition coefficient (Wildman–Crippen LogP) is 3.72. The average Bonchev–Trinajstić information content (AvgIpc) is 2.94. The standard InChI is InChI=1S/C15H21NS/c1-2-5-14(15-6-3-9-16-15)13(4-1)12-7-10-17-11-8-12/h1-2,4-5,12,15-16H,3,6-11H2/t15-/m1/s1. The lowest BCUT2D eigenvalue weighted by atomic mass is 9.87. The maximum Gasteiger partial charge on any atom is 0.0323 e. The number of rotatable bonds is 2. The van der Waals surface area contributed by atoms with Crippen LogP contribution < -0.4 is 5.32 Å². The predicted molar refractivity (Wildman–Crippen MR) is 75.7 cm³/mol. The van der Waals surface area contributed by atoms with Gasteiger partial charge in [-0.2, -0.15) is 11.8 Å². The zero-order valence-corrected chi connectivity index (χ0v) is 11.1. The summed E-state index contributed by atoms with van der Waals surface area (Å²) in [5.41, 5.74) is 3.22. The van der Waals surface area contributed by atoms with Crippen molar-refractivity contribution in [1.29, 1.82) is 0 Å². The Bertz CT molecular complexity index is 365. The molecule has 0 aliphatic carbocycles. The van der Waals surface area contributed by atoms with E-state index in [1.54, 1.807) is 11.1 Å². The fraction of sp³-hybridized carbons (Fsp3) is 0.600. The summed E-state index contributed by atoms with van der Waals surface area (Å²) in [5, 5.41) is 3.65. The minimum absolute atomic E-state index is 0.626. The van der Waals surface area contributed by atoms with E-state index in [1.165, 1.54) is 43.7 Å². The van der Waals surface area contributed by atoms with Crippen molar-refractivity contribution in [3.8, 4) is 0 Å². The Morgan fingerprint density at radius 3 is 2.47 bits per heavy atom. The number of nitrogens with one attached hydrogen (secondary N) is 1. The first-order valence-corrected chi connectivity index (χ1v) is 8.00. The normalized spacial score (nSPS) is 26.2. The summed E-state index contributed by atoms with van der Waals surface area (Å²) in [6.07, 6.45) is 5.39. The van der Waals surface area contributed by atoms with Crippen LogP contribution in [-0.4, -0.2) is 18.1 Å². The van der Waals surface area contributed by atoms with Crippen LogP contribution in [-0.2, 0) is 0 Å². The molecule has 2 saturated heterocycles. The van der Waals surface area contributed by atoms with Gasteiger partial charge >= 0.3 is 0 Å². The first-order valence-electron chi connectivity index (χ1n) is 6.85. The molecule has 1 atom stereocenters. The Morgan fingerprint density at radius 2 is 1.76 bits per heavy atom. The maximum absolute atomic E-state index is 3.65. The Hall–Kier alpha value is -0.470. The fourth-order valence-electron chi connectivity index (χ4n) is 3.16. The second-order valence-corrected chi connectivity index (χ2v) is 6.39. The van der Waals surface area contributed by atoms with E-state index in [9.17, 15) is 0 Å². The molecule has 2 fully saturated rings. The average molecular weight is 247 g/mol. The van der Waals surface area contributed by atoms with Crippen molar-refractivity contribution in [3.05, 3.63) is 35.4 Å². The quantitative estimate of drug-likeness (QED) is 0.855. The lowest BCUT2D eigenvalue weighted by molar-refractivity contribution is 0.593. The summed E-state index contributed by atoms with van der Waals surface area (Å²) in [5.74, 6) is 3.50. The molecular weight excluding hydrogens is 226 g/mol. The maximum atomic E-state index is 3.65. The number of benzene rings is 1. The lowest BCUT2D eigenvalue weighted by Crippen LogP contribution is -2.17. The van der Waals surface area contributed by atoms with Crippen molar-refractivity contribution in [2.24, 2.45) is 0 Å². The molecule has 2 heteroatoms. The molecule has 2 aliphatic rings. The highest BCUT2D eigenvalue weighted by Crippen LogP contribution is 2.36. The molecule has 2 aliphatic heterocycles. The highest BCUT2D eigenvalue weighted by molar-refractivity contribution is 7.99. The first kappa shape index (κ1) is 11.6. The first-order chi connectivity index (χ1) is 8.45. The Kier molecular flexibility index (Phi) is 3.72. The summed E-state index contributed by atoms with van der Waals surface area (Å²) in [6.45, 7) is 1.19. The molecule has 0 aromatic heterocycles. The molecule has 0 radical (unpaired) electrons. The SMILES string of the molecule is c1ccc([C@H]2CCCN2)c(C2CCSCC2)c1. The minimum Gasteiger partial charge on any atom is -0.310 e. The van der Waals surface area contributed by atoms with Crippen LogP contribution in [0, 0.1) is 0 Å². The van der Waals surface area contributed by atoms with E-state index in [2.05, 4.69) is 41.3 Å². The van der Waals surface area contributed by atoms with Gasteiger partial charge in [0.05, 0.1) is 0 Å². The molecule has 0 bridgehead atoms. The fourth-order valence-corrected chi connectivity index (χ4v) is 4.27. The molecule has 0 spiro atoms. The molecule has 1 nitrogen and oxygen atoms in total. The molecule has 0 unspecified atom stereocenters. The van der Waals surface area contributed by atoms with Crippen LogP contribution in [0.15, 0.2) is 24.3 Å². The molecule has 1 aromatic rings. The van der Waals surface area contributed by atoms with Gasteiger partial charge < -0.3 is 5.32 Å². The van der Waals surface area contributed by atoms with E-state index in [-0.39, 0.29) is 0 Å². The third-order valence-electron chi connectivity index (χ3n) is 4.09. The summed E-state index contributed by atoms with van der Waals surface area (Å²) in [4.78, 5) is 0. The van der Waals surface area contributed by atoms with Crippen molar-refractivity contribution >= 4 is 11.8 Å². The third kappa shape index (κ3) is 2.53. The van der Waals surface area contributed by atoms with Crippen LogP contribution >= 0.6 is 11.8 Å². The van der Waals surface area contributed by atoms with Crippen molar-refractivity contribution < 1.29 is 0 Å². The van der Waals surface area contributed by atoms with Gasteiger partial charge in [-0.05, 0) is 60.8 Å². The molecule has 17 heavy (non-hydrogen) atoms. The van der Waals surface area contributed by atoms with Gasteiger partial charge in [0.15, 0.2) is 0 Å². The summed E-state index contributed by atoms with van der Waals surface area (Å²) in [7, 11) is 0. The van der Waals surface area contributed by atoms with E-state index in [0.29, 0.717) is 6.04 Å². The van der Waals surface area contributed by atoms with Crippen LogP contribution in [0.3, 0.4) is 0 Å². The second kappa shape index (κ2) is 5.45. The van der Waals surface area contributed by atoms with E-state index >= 15 is 0 Å². The lowest BCUT2D eigenvalue weighted by Gasteiger charge is -2.26. The van der Waals surface area contributed by atoms with Crippen LogP contribution in [0.25, 0.3) is 0 Å². The Labute approximate surface area is 108 Å². The molecular formula is C15H21NS. The molecule has 0 saturated carbocycles. The monoisotopic (exact) mass is 247 g/mol. The minimum atomic E-state index is 0.626. The summed E-state index contributed by atoms with van der Waals surface area (Å²) < 4.78 is 0. The van der Waals surface area contributed by atoms with Crippen LogP contribution in [0.4, 0.5) is 0 Å². The topological polar surface area (TPSA) is 12.0 Å². The number of hydrogen-bond acceptors (Lipinski definition) is 2. The van der Waals surface area contributed by atoms with Gasteiger partial charge in [0, 0.05) is 6.04 Å². The third-order valence-corrected chi connectivity index (χ3v) is 5.14. The van der Waals surface area contributed by atoms with E-state index in [0.717, 1.165) is 5.92 Å². The second-order valence-electron chi connectivity index (χ2n) is 5.16. The van der Waals surface area contributed by atoms with E-state index in [1.807, 2.05) is 0 Å². The van der Waals surface area contributed by atoms with Crippen molar-refractivity contribution in [2.75, 3.05) is 18.1 Å². The van der Waals surface area contributed by atoms with Crippen LogP contribution in [0.2, 0.25) is 0 Å². The summed E-state index contributed by atoms with van der Waals surface area (Å²) >= 11 is 2.12. The number of hydrogen-bond donors (Lipinski definition) is 1. The molecule has 1 N–H and O–H groups in total. The smallest absolute Gasteiger partial charge is 0.0323 e. The van der Waals surface area contributed by atoms with Crippen LogP contribution in [0.1, 0.15) is 48.8 Å². The number of thioether (sulfide) groups is 1. The van der Waals surface area contributed by atoms with Crippen LogP contribution in [0.5, 0.6) is 0 Å². The molecule has 0 amide bonds. The molecule has 1 aromatic carbocycles. The van der Waals surface area contributed by atoms with Gasteiger partial charge in [-0.15, -0.1) is 0 Å². The molecule has 3 rings (SSSR count). The molecule has 2 heterocycles. The Balaban J connectivity index is 1.86. The molecule has 92 valence electrons. The van der Waals surface area contributed by atoms with Crippen molar-refractivity contribution in [2.45, 2.75) is 37.6 Å². The Morgan fingerprint density at radius 1 is 1.00 bits per heavy atom. The van der Waals surface area contributed by atoms with Gasteiger partial charge in [-0.1, -0.05) is 24.3 Å². The van der Waals surface area contributed by atoms with Gasteiger partial charge in [0.1, 0.15) is 0 Å². The van der Waals surface area contributed by atoms with E-state index < -0.39 is 0 Å². The highest BCUT2D eigenvalue weighted by Gasteiger charge is 2.23. The van der Waals surface area contributed by atoms with Gasteiger partial charge in [0.2, 0.25) is 0 Å². The largest absolute Gasteiger partial charge is 0.310 e. The van der Waals surface area contributed by atoms with Gasteiger partial charge in [0.25, 0.3) is 0 Å². The van der Waals surface area contributed by atoms with Gasteiger partial charge in [-0.3, -0.25) is 0 Å². The zero-order valence-electron chi connectivity index (χ0n) is 10.3.